The molecule has 98 valence electrons. The van der Waals surface area contributed by atoms with E-state index in [0.29, 0.717) is 6.54 Å². The van der Waals surface area contributed by atoms with Crippen LogP contribution in [0.3, 0.4) is 0 Å². The highest BCUT2D eigenvalue weighted by Crippen LogP contribution is 2.30. The van der Waals surface area contributed by atoms with E-state index in [2.05, 4.69) is 33.0 Å². The number of carboxylic acids is 1. The number of benzene rings is 1. The third-order valence-corrected chi connectivity index (χ3v) is 4.08. The maximum atomic E-state index is 11.3. The van der Waals surface area contributed by atoms with E-state index in [1.165, 1.54) is 5.56 Å². The Kier molecular flexibility index (Phi) is 4.07. The first-order valence-electron chi connectivity index (χ1n) is 6.20. The summed E-state index contributed by atoms with van der Waals surface area (Å²) in [6.07, 6.45) is 1.73. The largest absolute Gasteiger partial charge is 0.481 e. The van der Waals surface area contributed by atoms with Gasteiger partial charge in [0.2, 0.25) is 0 Å². The zero-order chi connectivity index (χ0) is 13.2. The molecule has 4 heteroatoms. The van der Waals surface area contributed by atoms with Crippen LogP contribution in [0.2, 0.25) is 0 Å². The van der Waals surface area contributed by atoms with Gasteiger partial charge in [-0.1, -0.05) is 28.1 Å². The summed E-state index contributed by atoms with van der Waals surface area (Å²) in [6, 6.07) is 8.19. The number of nitrogens with zero attached hydrogens (tertiary/aromatic N) is 1. The maximum Gasteiger partial charge on any atom is 0.310 e. The average Bonchev–Trinajstić information content (AvgIpc) is 2.29. The molecule has 18 heavy (non-hydrogen) atoms. The monoisotopic (exact) mass is 311 g/mol. The van der Waals surface area contributed by atoms with Gasteiger partial charge in [-0.05, 0) is 44.0 Å². The number of rotatable bonds is 3. The highest BCUT2D eigenvalue weighted by atomic mass is 79.9. The molecule has 1 aliphatic rings. The van der Waals surface area contributed by atoms with E-state index in [1.54, 1.807) is 0 Å². The SMILES string of the molecule is CC1(C(=O)O)CCCN(Cc2cccc(Br)c2)C1. The molecule has 1 aliphatic heterocycles. The van der Waals surface area contributed by atoms with Gasteiger partial charge in [-0.25, -0.2) is 0 Å². The van der Waals surface area contributed by atoms with Gasteiger partial charge >= 0.3 is 5.97 Å². The van der Waals surface area contributed by atoms with Crippen LogP contribution in [-0.4, -0.2) is 29.1 Å². The van der Waals surface area contributed by atoms with E-state index in [0.717, 1.165) is 30.4 Å². The van der Waals surface area contributed by atoms with Crippen molar-refractivity contribution >= 4 is 21.9 Å². The zero-order valence-electron chi connectivity index (χ0n) is 10.5. The minimum atomic E-state index is -0.679. The van der Waals surface area contributed by atoms with E-state index < -0.39 is 11.4 Å². The molecule has 2 rings (SSSR count). The van der Waals surface area contributed by atoms with Crippen LogP contribution in [0.1, 0.15) is 25.3 Å². The normalized spacial score (nSPS) is 25.0. The Morgan fingerprint density at radius 3 is 3.00 bits per heavy atom. The standard InChI is InChI=1S/C14H18BrNO2/c1-14(13(17)18)6-3-7-16(10-14)9-11-4-2-5-12(15)8-11/h2,4-5,8H,3,6-7,9-10H2,1H3,(H,17,18). The molecule has 3 nitrogen and oxygen atoms in total. The van der Waals surface area contributed by atoms with Crippen LogP contribution in [0, 0.1) is 5.41 Å². The summed E-state index contributed by atoms with van der Waals surface area (Å²) in [5.74, 6) is -0.679. The van der Waals surface area contributed by atoms with Gasteiger partial charge in [-0.15, -0.1) is 0 Å². The smallest absolute Gasteiger partial charge is 0.310 e. The van der Waals surface area contributed by atoms with Crippen LogP contribution in [0.25, 0.3) is 0 Å². The maximum absolute atomic E-state index is 11.3. The summed E-state index contributed by atoms with van der Waals surface area (Å²) in [4.78, 5) is 13.5. The topological polar surface area (TPSA) is 40.5 Å². The lowest BCUT2D eigenvalue weighted by Crippen LogP contribution is -2.45. The summed E-state index contributed by atoms with van der Waals surface area (Å²) in [5, 5.41) is 9.29. The number of hydrogen-bond acceptors (Lipinski definition) is 2. The van der Waals surface area contributed by atoms with Gasteiger partial charge in [0.25, 0.3) is 0 Å². The summed E-state index contributed by atoms with van der Waals surface area (Å²) >= 11 is 3.46. The summed E-state index contributed by atoms with van der Waals surface area (Å²) < 4.78 is 1.07. The van der Waals surface area contributed by atoms with Gasteiger partial charge in [0.1, 0.15) is 0 Å². The first-order valence-corrected chi connectivity index (χ1v) is 6.99. The number of carbonyl (C=O) groups is 1. The van der Waals surface area contributed by atoms with E-state index in [4.69, 9.17) is 0 Å². The molecular formula is C14H18BrNO2. The quantitative estimate of drug-likeness (QED) is 0.932. The Bertz CT molecular complexity index is 449. The van der Waals surface area contributed by atoms with Crippen LogP contribution in [0.4, 0.5) is 0 Å². The Balaban J connectivity index is 2.04. The molecule has 1 atom stereocenters. The van der Waals surface area contributed by atoms with Gasteiger partial charge in [0, 0.05) is 17.6 Å². The first-order chi connectivity index (χ1) is 8.49. The fourth-order valence-electron chi connectivity index (χ4n) is 2.55. The highest BCUT2D eigenvalue weighted by Gasteiger charge is 2.37. The Hall–Kier alpha value is -0.870. The lowest BCUT2D eigenvalue weighted by atomic mass is 9.82. The number of piperidine rings is 1. The Labute approximate surface area is 116 Å². The summed E-state index contributed by atoms with van der Waals surface area (Å²) in [6.45, 7) is 4.29. The van der Waals surface area contributed by atoms with Crippen molar-refractivity contribution in [1.82, 2.24) is 4.90 Å². The second-order valence-corrected chi connectivity index (χ2v) is 6.23. The van der Waals surface area contributed by atoms with E-state index >= 15 is 0 Å². The molecule has 0 aromatic heterocycles. The third kappa shape index (κ3) is 3.12. The molecule has 1 N–H and O–H groups in total. The summed E-state index contributed by atoms with van der Waals surface area (Å²) in [7, 11) is 0. The highest BCUT2D eigenvalue weighted by molar-refractivity contribution is 9.10. The fraction of sp³-hybridized carbons (Fsp3) is 0.500. The van der Waals surface area contributed by atoms with Crippen LogP contribution in [-0.2, 0) is 11.3 Å². The Morgan fingerprint density at radius 1 is 1.56 bits per heavy atom. The van der Waals surface area contributed by atoms with Crippen molar-refractivity contribution < 1.29 is 9.90 Å². The van der Waals surface area contributed by atoms with Crippen LogP contribution >= 0.6 is 15.9 Å². The van der Waals surface area contributed by atoms with E-state index in [-0.39, 0.29) is 0 Å². The van der Waals surface area contributed by atoms with Crippen molar-refractivity contribution in [3.63, 3.8) is 0 Å². The van der Waals surface area contributed by atoms with Crippen LogP contribution < -0.4 is 0 Å². The van der Waals surface area contributed by atoms with Crippen molar-refractivity contribution in [2.24, 2.45) is 5.41 Å². The molecule has 0 spiro atoms. The van der Waals surface area contributed by atoms with Crippen molar-refractivity contribution in [2.75, 3.05) is 13.1 Å². The van der Waals surface area contributed by atoms with Crippen molar-refractivity contribution in [2.45, 2.75) is 26.3 Å². The van der Waals surface area contributed by atoms with Crippen molar-refractivity contribution in [1.29, 1.82) is 0 Å². The second-order valence-electron chi connectivity index (χ2n) is 5.31. The van der Waals surface area contributed by atoms with E-state index in [9.17, 15) is 9.90 Å². The fourth-order valence-corrected chi connectivity index (χ4v) is 2.99. The molecular weight excluding hydrogens is 294 g/mol. The van der Waals surface area contributed by atoms with Gasteiger partial charge in [-0.2, -0.15) is 0 Å². The first kappa shape index (κ1) is 13.6. The molecule has 1 unspecified atom stereocenters. The number of carboxylic acid groups (broad SMARTS) is 1. The molecule has 0 saturated carbocycles. The van der Waals surface area contributed by atoms with Gasteiger partial charge in [0.05, 0.1) is 5.41 Å². The molecule has 1 heterocycles. The summed E-state index contributed by atoms with van der Waals surface area (Å²) in [5.41, 5.74) is 0.628. The predicted molar refractivity (Wildman–Crippen MR) is 74.4 cm³/mol. The van der Waals surface area contributed by atoms with Crippen molar-refractivity contribution in [3.05, 3.63) is 34.3 Å². The van der Waals surface area contributed by atoms with Crippen LogP contribution in [0.5, 0.6) is 0 Å². The Morgan fingerprint density at radius 2 is 2.33 bits per heavy atom. The third-order valence-electron chi connectivity index (χ3n) is 3.59. The van der Waals surface area contributed by atoms with Crippen LogP contribution in [0.15, 0.2) is 28.7 Å². The molecule has 0 bridgehead atoms. The minimum Gasteiger partial charge on any atom is -0.481 e. The molecule has 1 aromatic carbocycles. The van der Waals surface area contributed by atoms with Gasteiger partial charge in [-0.3, -0.25) is 9.69 Å². The van der Waals surface area contributed by atoms with Gasteiger partial charge in [0.15, 0.2) is 0 Å². The molecule has 1 fully saturated rings. The van der Waals surface area contributed by atoms with E-state index in [1.807, 2.05) is 19.1 Å². The lowest BCUT2D eigenvalue weighted by molar-refractivity contribution is -0.151. The molecule has 1 aromatic rings. The zero-order valence-corrected chi connectivity index (χ0v) is 12.1. The number of aliphatic carboxylic acids is 1. The minimum absolute atomic E-state index is 0.593. The van der Waals surface area contributed by atoms with Gasteiger partial charge < -0.3 is 5.11 Å². The molecule has 0 radical (unpaired) electrons. The molecule has 0 aliphatic carbocycles. The van der Waals surface area contributed by atoms with Crippen molar-refractivity contribution in [3.8, 4) is 0 Å². The number of halogens is 1. The second kappa shape index (κ2) is 5.41. The average molecular weight is 312 g/mol. The number of hydrogen-bond donors (Lipinski definition) is 1. The predicted octanol–water partition coefficient (Wildman–Crippen LogP) is 3.14. The molecule has 0 amide bonds. The molecule has 1 saturated heterocycles. The lowest BCUT2D eigenvalue weighted by Gasteiger charge is -2.37. The number of likely N-dealkylation sites (tertiary alicyclic amines) is 1.